The molecule has 2 atom stereocenters. The van der Waals surface area contributed by atoms with E-state index in [-0.39, 0.29) is 0 Å². The molecule has 5 nitrogen and oxygen atoms in total. The van der Waals surface area contributed by atoms with Crippen LogP contribution in [0.5, 0.6) is 0 Å². The van der Waals surface area contributed by atoms with Gasteiger partial charge in [-0.15, -0.1) is 0 Å². The van der Waals surface area contributed by atoms with Gasteiger partial charge in [-0.1, -0.05) is 6.42 Å². The van der Waals surface area contributed by atoms with Crippen LogP contribution in [0.25, 0.3) is 0 Å². The summed E-state index contributed by atoms with van der Waals surface area (Å²) in [5, 5.41) is 8.09. The summed E-state index contributed by atoms with van der Waals surface area (Å²) in [7, 11) is 0. The first-order valence-corrected chi connectivity index (χ1v) is 10.1. The maximum atomic E-state index is 4.44. The van der Waals surface area contributed by atoms with Gasteiger partial charge in [-0.05, 0) is 63.7 Å². The minimum atomic E-state index is 0.613. The molecule has 3 aliphatic heterocycles. The van der Waals surface area contributed by atoms with Crippen molar-refractivity contribution >= 4 is 0 Å². The lowest BCUT2D eigenvalue weighted by molar-refractivity contribution is 0.0617. The molecule has 0 radical (unpaired) electrons. The van der Waals surface area contributed by atoms with E-state index in [4.69, 9.17) is 0 Å². The molecule has 1 N–H and O–H groups in total. The topological polar surface area (TPSA) is 36.3 Å². The SMILES string of the molecule is c1cnn(C2CCN(CC3CCNCC3N3CCCCC3)CC2)c1. The maximum Gasteiger partial charge on any atom is 0.0543 e. The van der Waals surface area contributed by atoms with Crippen molar-refractivity contribution in [2.24, 2.45) is 5.92 Å². The summed E-state index contributed by atoms with van der Waals surface area (Å²) in [4.78, 5) is 5.52. The Hall–Kier alpha value is -0.910. The lowest BCUT2D eigenvalue weighted by atomic mass is 9.89. The van der Waals surface area contributed by atoms with Crippen molar-refractivity contribution in [3.63, 3.8) is 0 Å². The van der Waals surface area contributed by atoms with E-state index in [1.54, 1.807) is 0 Å². The first-order chi connectivity index (χ1) is 11.9. The van der Waals surface area contributed by atoms with Gasteiger partial charge in [0.2, 0.25) is 0 Å². The monoisotopic (exact) mass is 331 g/mol. The summed E-state index contributed by atoms with van der Waals surface area (Å²) in [6.07, 6.45) is 12.1. The van der Waals surface area contributed by atoms with Gasteiger partial charge in [0.1, 0.15) is 0 Å². The smallest absolute Gasteiger partial charge is 0.0543 e. The van der Waals surface area contributed by atoms with E-state index in [0.717, 1.165) is 12.0 Å². The highest BCUT2D eigenvalue weighted by molar-refractivity contribution is 4.90. The summed E-state index contributed by atoms with van der Waals surface area (Å²) in [5.41, 5.74) is 0. The molecule has 0 spiro atoms. The first-order valence-electron chi connectivity index (χ1n) is 10.1. The third-order valence-electron chi connectivity index (χ3n) is 6.40. The number of nitrogens with one attached hydrogen (secondary N) is 1. The fourth-order valence-corrected chi connectivity index (χ4v) is 4.98. The van der Waals surface area contributed by atoms with Gasteiger partial charge in [0.25, 0.3) is 0 Å². The van der Waals surface area contributed by atoms with Crippen molar-refractivity contribution in [3.05, 3.63) is 18.5 Å². The lowest BCUT2D eigenvalue weighted by Gasteiger charge is -2.44. The van der Waals surface area contributed by atoms with E-state index in [1.807, 2.05) is 12.3 Å². The third kappa shape index (κ3) is 3.84. The van der Waals surface area contributed by atoms with Crippen LogP contribution in [0.3, 0.4) is 0 Å². The quantitative estimate of drug-likeness (QED) is 0.915. The molecular weight excluding hydrogens is 298 g/mol. The van der Waals surface area contributed by atoms with Crippen LogP contribution in [0.1, 0.15) is 44.6 Å². The number of likely N-dealkylation sites (tertiary alicyclic amines) is 2. The van der Waals surface area contributed by atoms with Crippen molar-refractivity contribution in [1.82, 2.24) is 24.9 Å². The molecule has 1 aromatic rings. The Bertz CT molecular complexity index is 474. The fourth-order valence-electron chi connectivity index (χ4n) is 4.98. The number of nitrogens with zero attached hydrogens (tertiary/aromatic N) is 4. The first kappa shape index (κ1) is 16.6. The second kappa shape index (κ2) is 7.98. The summed E-state index contributed by atoms with van der Waals surface area (Å²) in [6.45, 7) is 8.83. The van der Waals surface area contributed by atoms with Gasteiger partial charge < -0.3 is 10.2 Å². The highest BCUT2D eigenvalue weighted by atomic mass is 15.3. The molecular formula is C19H33N5. The van der Waals surface area contributed by atoms with E-state index in [9.17, 15) is 0 Å². The molecule has 0 aliphatic carbocycles. The molecule has 0 aromatic carbocycles. The zero-order valence-corrected chi connectivity index (χ0v) is 14.9. The fraction of sp³-hybridized carbons (Fsp3) is 0.842. The molecule has 0 bridgehead atoms. The summed E-state index contributed by atoms with van der Waals surface area (Å²) < 4.78 is 2.17. The average Bonchev–Trinajstić information content (AvgIpc) is 3.18. The Balaban J connectivity index is 1.30. The van der Waals surface area contributed by atoms with Crippen molar-refractivity contribution in [2.75, 3.05) is 45.8 Å². The standard InChI is InChI=1S/C19H33N5/c1-2-10-23(11-3-1)19-15-20-9-5-17(19)16-22-13-6-18(7-14-22)24-12-4-8-21-24/h4,8,12,17-20H,1-3,5-7,9-11,13-16H2. The van der Waals surface area contributed by atoms with Crippen LogP contribution in [0.15, 0.2) is 18.5 Å². The Morgan fingerprint density at radius 2 is 1.83 bits per heavy atom. The molecule has 5 heteroatoms. The molecule has 0 saturated carbocycles. The van der Waals surface area contributed by atoms with Crippen LogP contribution in [0.2, 0.25) is 0 Å². The molecule has 3 saturated heterocycles. The van der Waals surface area contributed by atoms with Gasteiger partial charge in [0.05, 0.1) is 6.04 Å². The van der Waals surface area contributed by atoms with E-state index in [0.29, 0.717) is 6.04 Å². The van der Waals surface area contributed by atoms with Gasteiger partial charge in [-0.3, -0.25) is 9.58 Å². The van der Waals surface area contributed by atoms with Crippen molar-refractivity contribution in [3.8, 4) is 0 Å². The van der Waals surface area contributed by atoms with Gasteiger partial charge >= 0.3 is 0 Å². The third-order valence-corrected chi connectivity index (χ3v) is 6.40. The number of hydrogen-bond donors (Lipinski definition) is 1. The molecule has 2 unspecified atom stereocenters. The second-order valence-electron chi connectivity index (χ2n) is 7.93. The summed E-state index contributed by atoms with van der Waals surface area (Å²) in [6, 6.07) is 3.43. The van der Waals surface area contributed by atoms with Crippen LogP contribution in [0.4, 0.5) is 0 Å². The highest BCUT2D eigenvalue weighted by Crippen LogP contribution is 2.26. The number of piperidine rings is 3. The molecule has 1 aromatic heterocycles. The minimum absolute atomic E-state index is 0.613. The maximum absolute atomic E-state index is 4.44. The Labute approximate surface area is 146 Å². The molecule has 3 aliphatic rings. The minimum Gasteiger partial charge on any atom is -0.315 e. The van der Waals surface area contributed by atoms with Crippen LogP contribution in [-0.2, 0) is 0 Å². The second-order valence-corrected chi connectivity index (χ2v) is 7.93. The van der Waals surface area contributed by atoms with Crippen molar-refractivity contribution in [2.45, 2.75) is 50.6 Å². The molecule has 24 heavy (non-hydrogen) atoms. The van der Waals surface area contributed by atoms with E-state index in [1.165, 1.54) is 84.3 Å². The van der Waals surface area contributed by atoms with Crippen LogP contribution >= 0.6 is 0 Å². The molecule has 134 valence electrons. The number of hydrogen-bond acceptors (Lipinski definition) is 4. The van der Waals surface area contributed by atoms with Gasteiger partial charge in [0, 0.05) is 44.6 Å². The zero-order chi connectivity index (χ0) is 16.2. The molecule has 4 heterocycles. The Morgan fingerprint density at radius 3 is 2.58 bits per heavy atom. The molecule has 0 amide bonds. The van der Waals surface area contributed by atoms with E-state index < -0.39 is 0 Å². The van der Waals surface area contributed by atoms with Crippen molar-refractivity contribution < 1.29 is 0 Å². The predicted octanol–water partition coefficient (Wildman–Crippen LogP) is 1.98. The Kier molecular flexibility index (Phi) is 5.50. The largest absolute Gasteiger partial charge is 0.315 e. The summed E-state index contributed by atoms with van der Waals surface area (Å²) in [5.74, 6) is 0.852. The van der Waals surface area contributed by atoms with E-state index in [2.05, 4.69) is 31.1 Å². The average molecular weight is 332 g/mol. The highest BCUT2D eigenvalue weighted by Gasteiger charge is 2.32. The lowest BCUT2D eigenvalue weighted by Crippen LogP contribution is -2.55. The van der Waals surface area contributed by atoms with Crippen LogP contribution in [0, 0.1) is 5.92 Å². The summed E-state index contributed by atoms with van der Waals surface area (Å²) >= 11 is 0. The van der Waals surface area contributed by atoms with Crippen LogP contribution in [-0.4, -0.2) is 71.4 Å². The molecule has 4 rings (SSSR count). The number of rotatable bonds is 4. The van der Waals surface area contributed by atoms with E-state index >= 15 is 0 Å². The zero-order valence-electron chi connectivity index (χ0n) is 14.9. The number of aromatic nitrogens is 2. The molecule has 3 fully saturated rings. The Morgan fingerprint density at radius 1 is 1.00 bits per heavy atom. The van der Waals surface area contributed by atoms with Gasteiger partial charge in [0.15, 0.2) is 0 Å². The van der Waals surface area contributed by atoms with Gasteiger partial charge in [-0.25, -0.2) is 0 Å². The van der Waals surface area contributed by atoms with Crippen LogP contribution < -0.4 is 5.32 Å². The van der Waals surface area contributed by atoms with Gasteiger partial charge in [-0.2, -0.15) is 5.10 Å². The predicted molar refractivity (Wildman–Crippen MR) is 97.1 cm³/mol. The van der Waals surface area contributed by atoms with Crippen molar-refractivity contribution in [1.29, 1.82) is 0 Å². The normalized spacial score (nSPS) is 31.3.